The van der Waals surface area contributed by atoms with Crippen LogP contribution in [-0.4, -0.2) is 95.7 Å². The number of likely N-dealkylation sites (tertiary alicyclic amines) is 2. The molecule has 4 rings (SSSR count). The molecule has 1 aliphatic carbocycles. The van der Waals surface area contributed by atoms with Crippen LogP contribution in [0.15, 0.2) is 18.2 Å². The first-order valence-corrected chi connectivity index (χ1v) is 17.2. The van der Waals surface area contributed by atoms with Gasteiger partial charge in [0.1, 0.15) is 18.3 Å². The Morgan fingerprint density at radius 3 is 2.20 bits per heavy atom. The van der Waals surface area contributed by atoms with E-state index in [4.69, 9.17) is 0 Å². The fraction of sp³-hybridized carbons (Fsp3) is 0.750. The van der Waals surface area contributed by atoms with Gasteiger partial charge in [0.15, 0.2) is 17.5 Å². The Kier molecular flexibility index (Phi) is 10.2. The van der Waals surface area contributed by atoms with Gasteiger partial charge in [-0.15, -0.1) is 0 Å². The van der Waals surface area contributed by atoms with Crippen molar-refractivity contribution in [1.82, 2.24) is 14.7 Å². The van der Waals surface area contributed by atoms with Gasteiger partial charge in [0.25, 0.3) is 5.91 Å². The summed E-state index contributed by atoms with van der Waals surface area (Å²) < 4.78 is 29.3. The molecule has 0 bridgehead atoms. The predicted octanol–water partition coefficient (Wildman–Crippen LogP) is 5.16. The Hall–Kier alpha value is -2.43. The summed E-state index contributed by atoms with van der Waals surface area (Å²) >= 11 is 0. The number of aliphatic hydroxyl groups excluding tert-OH is 1. The minimum atomic E-state index is -1.00. The molecule has 10 heteroatoms. The number of quaternary nitrogens is 2. The summed E-state index contributed by atoms with van der Waals surface area (Å²) in [6, 6.07) is 2.60. The summed E-state index contributed by atoms with van der Waals surface area (Å²) in [5.41, 5.74) is -0.929. The van der Waals surface area contributed by atoms with E-state index in [1.54, 1.807) is 13.8 Å². The highest BCUT2D eigenvalue weighted by atomic mass is 19.1. The van der Waals surface area contributed by atoms with Gasteiger partial charge in [0.05, 0.1) is 43.7 Å². The lowest BCUT2D eigenvalue weighted by molar-refractivity contribution is -0.840. The zero-order valence-electron chi connectivity index (χ0n) is 29.6. The standard InChI is InChI=1S/C36H57F2N4O4/c1-10-39-31(44)30-20-27(40(33(46)36(7,8)23-43)26-13-16-35(5,6)17-14-26)22-41(30,9)32(45)24-15-18-42(21-24,34(2,3)4)29-12-11-25(37)19-28(29)38/h11-12,19,24,26-27,30,43H,10,13-18,20-23H2,1-9H3/q+1/p+1/t24-,27-,30-,41?,42?/m0/s1. The van der Waals surface area contributed by atoms with Crippen LogP contribution in [0.1, 0.15) is 93.9 Å². The van der Waals surface area contributed by atoms with E-state index in [0.29, 0.717) is 44.7 Å². The number of carbonyl (C=O) groups is 3. The van der Waals surface area contributed by atoms with Gasteiger partial charge in [-0.2, -0.15) is 0 Å². The van der Waals surface area contributed by atoms with Crippen LogP contribution in [0.4, 0.5) is 14.5 Å². The van der Waals surface area contributed by atoms with Crippen LogP contribution in [0.3, 0.4) is 0 Å². The zero-order valence-corrected chi connectivity index (χ0v) is 29.6. The third-order valence-electron chi connectivity index (χ3n) is 11.6. The van der Waals surface area contributed by atoms with E-state index in [1.807, 2.05) is 39.6 Å². The lowest BCUT2D eigenvalue weighted by Crippen LogP contribution is -2.63. The summed E-state index contributed by atoms with van der Waals surface area (Å²) in [4.78, 5) is 44.7. The van der Waals surface area contributed by atoms with Gasteiger partial charge in [-0.25, -0.2) is 13.6 Å². The molecule has 1 aromatic rings. The van der Waals surface area contributed by atoms with Gasteiger partial charge in [0.2, 0.25) is 5.91 Å². The maximum atomic E-state index is 15.3. The van der Waals surface area contributed by atoms with Crippen LogP contribution >= 0.6 is 0 Å². The minimum absolute atomic E-state index is 0.0361. The summed E-state index contributed by atoms with van der Waals surface area (Å²) in [5.74, 6) is -2.16. The molecule has 3 aliphatic rings. The van der Waals surface area contributed by atoms with Crippen LogP contribution in [0, 0.1) is 28.4 Å². The number of aliphatic hydroxyl groups is 1. The number of halogens is 2. The average Bonchev–Trinajstić information content (AvgIpc) is 3.57. The number of carbonyl (C=O) groups excluding carboxylic acids is 3. The monoisotopic (exact) mass is 648 g/mol. The molecule has 2 heterocycles. The first kappa shape index (κ1) is 36.4. The van der Waals surface area contributed by atoms with Crippen molar-refractivity contribution < 1.29 is 32.8 Å². The van der Waals surface area contributed by atoms with E-state index in [1.165, 1.54) is 12.1 Å². The fourth-order valence-electron chi connectivity index (χ4n) is 8.51. The number of amides is 3. The maximum Gasteiger partial charge on any atom is 0.323 e. The molecule has 1 saturated carbocycles. The highest BCUT2D eigenvalue weighted by molar-refractivity contribution is 5.86. The second kappa shape index (κ2) is 12.9. The van der Waals surface area contributed by atoms with Crippen molar-refractivity contribution in [1.29, 1.82) is 0 Å². The normalized spacial score (nSPS) is 30.3. The largest absolute Gasteiger partial charge is 0.395 e. The number of rotatable bonds is 8. The van der Waals surface area contributed by atoms with Gasteiger partial charge in [0, 0.05) is 37.6 Å². The molecule has 0 aromatic heterocycles. The van der Waals surface area contributed by atoms with Gasteiger partial charge in [-0.1, -0.05) is 13.8 Å². The first-order chi connectivity index (χ1) is 21.2. The first-order valence-electron chi connectivity index (χ1n) is 17.2. The lowest BCUT2D eigenvalue weighted by Gasteiger charge is -2.46. The molecule has 2 N–H and O–H groups in total. The number of nitrogens with zero attached hydrogens (tertiary/aromatic N) is 3. The second-order valence-electron chi connectivity index (χ2n) is 16.9. The molecule has 8 nitrogen and oxygen atoms in total. The average molecular weight is 649 g/mol. The van der Waals surface area contributed by atoms with E-state index >= 15 is 4.39 Å². The lowest BCUT2D eigenvalue weighted by atomic mass is 9.74. The SMILES string of the molecule is CCNC(=O)[C@@H]1C[C@H](N(C(=O)C(C)(C)CO)C2CCC(C)(C)CC2)C[N+]1(C)C(=O)[C@H]1CC[N+](c2ccc(F)cc2F)(C(C)(C)C)C1. The van der Waals surface area contributed by atoms with E-state index in [9.17, 15) is 23.9 Å². The second-order valence-corrected chi connectivity index (χ2v) is 16.9. The number of hydrogen-bond acceptors (Lipinski definition) is 4. The third-order valence-corrected chi connectivity index (χ3v) is 11.6. The summed E-state index contributed by atoms with van der Waals surface area (Å²) in [7, 11) is 1.83. The summed E-state index contributed by atoms with van der Waals surface area (Å²) in [6.07, 6.45) is 4.45. The molecule has 0 radical (unpaired) electrons. The highest BCUT2D eigenvalue weighted by Gasteiger charge is 2.61. The Labute approximate surface area is 274 Å². The van der Waals surface area contributed by atoms with Crippen molar-refractivity contribution in [3.8, 4) is 0 Å². The van der Waals surface area contributed by atoms with Crippen LogP contribution in [0.2, 0.25) is 0 Å². The van der Waals surface area contributed by atoms with Gasteiger partial charge < -0.3 is 15.3 Å². The van der Waals surface area contributed by atoms with Crippen molar-refractivity contribution >= 4 is 23.4 Å². The van der Waals surface area contributed by atoms with Crippen molar-refractivity contribution in [2.45, 2.75) is 118 Å². The summed E-state index contributed by atoms with van der Waals surface area (Å²) in [6.45, 7) is 17.1. The molecule has 0 spiro atoms. The van der Waals surface area contributed by atoms with Gasteiger partial charge >= 0.3 is 5.91 Å². The predicted molar refractivity (Wildman–Crippen MR) is 176 cm³/mol. The summed E-state index contributed by atoms with van der Waals surface area (Å²) in [5, 5.41) is 13.2. The van der Waals surface area contributed by atoms with Gasteiger partial charge in [-0.05, 0) is 78.7 Å². The Balaban J connectivity index is 1.72. The minimum Gasteiger partial charge on any atom is -0.395 e. The number of likely N-dealkylation sites (N-methyl/N-ethyl adjacent to an activating group) is 2. The molecular weight excluding hydrogens is 590 g/mol. The molecule has 2 unspecified atom stereocenters. The number of nitrogens with one attached hydrogen (secondary N) is 1. The van der Waals surface area contributed by atoms with Crippen LogP contribution < -0.4 is 9.80 Å². The quantitative estimate of drug-likeness (QED) is 0.382. The Bertz CT molecular complexity index is 1320. The van der Waals surface area contributed by atoms with E-state index in [0.717, 1.165) is 31.7 Å². The highest BCUT2D eigenvalue weighted by Crippen LogP contribution is 2.45. The van der Waals surface area contributed by atoms with Crippen molar-refractivity contribution in [3.63, 3.8) is 0 Å². The molecule has 2 aliphatic heterocycles. The maximum absolute atomic E-state index is 15.3. The molecule has 3 amide bonds. The van der Waals surface area contributed by atoms with Gasteiger partial charge in [-0.3, -0.25) is 18.6 Å². The van der Waals surface area contributed by atoms with Crippen molar-refractivity contribution in [2.75, 3.05) is 39.8 Å². The molecule has 2 saturated heterocycles. The molecule has 46 heavy (non-hydrogen) atoms. The molecule has 1 aromatic carbocycles. The van der Waals surface area contributed by atoms with Crippen LogP contribution in [0.5, 0.6) is 0 Å². The fourth-order valence-corrected chi connectivity index (χ4v) is 8.51. The Morgan fingerprint density at radius 2 is 1.65 bits per heavy atom. The van der Waals surface area contributed by atoms with E-state index in [-0.39, 0.29) is 50.8 Å². The number of benzene rings is 1. The van der Waals surface area contributed by atoms with Crippen LogP contribution in [0.25, 0.3) is 0 Å². The van der Waals surface area contributed by atoms with Crippen LogP contribution in [-0.2, 0) is 14.4 Å². The number of hydrogen-bond donors (Lipinski definition) is 2. The van der Waals surface area contributed by atoms with E-state index in [2.05, 4.69) is 19.2 Å². The topological polar surface area (TPSA) is 86.7 Å². The Morgan fingerprint density at radius 1 is 1.02 bits per heavy atom. The smallest absolute Gasteiger partial charge is 0.323 e. The molecule has 258 valence electrons. The van der Waals surface area contributed by atoms with Crippen molar-refractivity contribution in [3.05, 3.63) is 29.8 Å². The third kappa shape index (κ3) is 6.63. The van der Waals surface area contributed by atoms with Crippen molar-refractivity contribution in [2.24, 2.45) is 16.7 Å². The molecule has 5 atom stereocenters. The molecule has 3 fully saturated rings. The zero-order chi connectivity index (χ0) is 34.5. The van der Waals surface area contributed by atoms with E-state index < -0.39 is 34.5 Å². The molecular formula is C36H58F2N4O4+2.